The van der Waals surface area contributed by atoms with Crippen molar-refractivity contribution >= 4 is 69.4 Å². The summed E-state index contributed by atoms with van der Waals surface area (Å²) in [7, 11) is 0. The first-order valence-electron chi connectivity index (χ1n) is 34.6. The van der Waals surface area contributed by atoms with E-state index < -0.39 is 40.3 Å². The van der Waals surface area contributed by atoms with Crippen LogP contribution in [-0.2, 0) is 76.2 Å². The highest BCUT2D eigenvalue weighted by molar-refractivity contribution is 5.95. The van der Waals surface area contributed by atoms with E-state index in [9.17, 15) is 52.7 Å². The number of carbonyl (C=O) groups excluding carboxylic acids is 10. The third-order valence-electron chi connectivity index (χ3n) is 27.0. The van der Waals surface area contributed by atoms with Gasteiger partial charge in [-0.15, -0.1) is 0 Å². The van der Waals surface area contributed by atoms with Gasteiger partial charge in [0.15, 0.2) is 0 Å². The first-order valence-corrected chi connectivity index (χ1v) is 34.6. The maximum atomic E-state index is 15.0. The molecule has 17 heteroatoms. The fourth-order valence-electron chi connectivity index (χ4n) is 21.5. The number of hydrogen-bond donors (Lipinski definition) is 2. The molecule has 0 spiro atoms. The van der Waals surface area contributed by atoms with Crippen LogP contribution in [0.4, 0.5) is 0 Å². The number of unbranched alkanes of at least 4 members (excludes halogenated alkanes) is 1. The summed E-state index contributed by atoms with van der Waals surface area (Å²) in [4.78, 5) is 159. The molecule has 2 N–H and O–H groups in total. The van der Waals surface area contributed by atoms with Gasteiger partial charge in [0, 0.05) is 110 Å². The Balaban J connectivity index is 0.675. The van der Waals surface area contributed by atoms with E-state index >= 15 is 0 Å². The van der Waals surface area contributed by atoms with E-state index in [2.05, 4.69) is 45.3 Å². The number of rotatable bonds is 17. The van der Waals surface area contributed by atoms with Crippen molar-refractivity contribution in [3.05, 3.63) is 63.4 Å². The maximum Gasteiger partial charge on any atom is 0.355 e. The molecule has 10 aliphatic rings. The lowest BCUT2D eigenvalue weighted by molar-refractivity contribution is -0.191. The Morgan fingerprint density at radius 3 is 1.85 bits per heavy atom. The minimum atomic E-state index is -2.04. The number of esters is 2. The number of benzene rings is 1. The van der Waals surface area contributed by atoms with E-state index in [1.165, 1.54) is 0 Å². The van der Waals surface area contributed by atoms with Gasteiger partial charge in [0.2, 0.25) is 17.4 Å². The van der Waals surface area contributed by atoms with Gasteiger partial charge in [-0.05, 0) is 165 Å². The molecule has 486 valence electrons. The molecule has 91 heavy (non-hydrogen) atoms. The summed E-state index contributed by atoms with van der Waals surface area (Å²) in [5, 5.41) is 6.93. The smallest absolute Gasteiger partial charge is 0.355 e. The number of cyclic esters (lactones) is 1. The predicted molar refractivity (Wildman–Crippen MR) is 336 cm³/mol. The van der Waals surface area contributed by atoms with Crippen LogP contribution < -0.4 is 16.2 Å². The fraction of sp³-hybridized carbons (Fsp3) is 0.676. The highest BCUT2D eigenvalue weighted by Crippen LogP contribution is 2.68. The lowest BCUT2D eigenvalue weighted by atomic mass is 9.44. The van der Waals surface area contributed by atoms with E-state index in [1.54, 1.807) is 17.6 Å². The molecule has 13 rings (SSSR count). The zero-order valence-corrected chi connectivity index (χ0v) is 54.3. The summed E-state index contributed by atoms with van der Waals surface area (Å²) in [6, 6.07) is 10.1. The summed E-state index contributed by atoms with van der Waals surface area (Å²) < 4.78 is 13.7. The predicted octanol–water partition coefficient (Wildman–Crippen LogP) is 10.4. The molecule has 2 aromatic heterocycles. The Morgan fingerprint density at radius 1 is 0.692 bits per heavy atom. The lowest BCUT2D eigenvalue weighted by Crippen LogP contribution is -2.60. The highest BCUT2D eigenvalue weighted by atomic mass is 16.6. The van der Waals surface area contributed by atoms with Crippen LogP contribution in [0.15, 0.2) is 41.2 Å². The average molecular weight is 1250 g/mol. The Bertz CT molecular complexity index is 3660. The van der Waals surface area contributed by atoms with Gasteiger partial charge in [-0.25, -0.2) is 14.6 Å². The number of amides is 2. The topological polar surface area (TPSA) is 248 Å². The monoisotopic (exact) mass is 1240 g/mol. The van der Waals surface area contributed by atoms with Gasteiger partial charge < -0.3 is 24.7 Å². The van der Waals surface area contributed by atoms with Crippen LogP contribution in [0.1, 0.15) is 206 Å². The molecule has 8 aliphatic carbocycles. The SMILES string of the molecule is CC[C@@]1(OC(=O)C(CCCCNC(=O)CC[C@@H](C)C2CCC3C4C(=O)CC5CC(=O)CC[C@]5(C)C4CC(=O)[C@@]32C)NC(=O)CC[C@@H](C)C2CCC3C4C(=O)CC5CC(=O)CC[C@]5(C)C4CC(=O)[C@@]32C)C(=O)OCc2c1cc1n(c2=O)Cc2cc3ccccc3nc2-1. The second-order valence-corrected chi connectivity index (χ2v) is 31.1. The van der Waals surface area contributed by atoms with E-state index in [0.29, 0.717) is 94.9 Å². The fourth-order valence-corrected chi connectivity index (χ4v) is 21.5. The number of aromatic nitrogens is 2. The molecule has 4 heterocycles. The molecule has 2 amide bonds. The van der Waals surface area contributed by atoms with Crippen LogP contribution in [0.3, 0.4) is 0 Å². The zero-order valence-electron chi connectivity index (χ0n) is 54.3. The van der Waals surface area contributed by atoms with Crippen molar-refractivity contribution < 1.29 is 57.4 Å². The second-order valence-electron chi connectivity index (χ2n) is 31.1. The molecule has 0 saturated heterocycles. The number of hydrogen-bond acceptors (Lipinski definition) is 14. The second kappa shape index (κ2) is 23.5. The summed E-state index contributed by atoms with van der Waals surface area (Å²) in [6.45, 7) is 14.6. The van der Waals surface area contributed by atoms with Gasteiger partial charge in [-0.1, -0.05) is 66.7 Å². The number of ether oxygens (including phenoxy) is 2. The molecule has 0 bridgehead atoms. The van der Waals surface area contributed by atoms with Crippen molar-refractivity contribution in [3.63, 3.8) is 0 Å². The Kier molecular flexibility index (Phi) is 16.3. The largest absolute Gasteiger partial charge is 0.457 e. The van der Waals surface area contributed by atoms with Crippen molar-refractivity contribution in [2.45, 2.75) is 215 Å². The van der Waals surface area contributed by atoms with Gasteiger partial charge in [0.05, 0.1) is 29.0 Å². The normalized spacial score (nSPS) is 36.3. The first-order chi connectivity index (χ1) is 43.3. The summed E-state index contributed by atoms with van der Waals surface area (Å²) in [6.07, 6.45) is 9.90. The molecule has 0 radical (unpaired) electrons. The van der Waals surface area contributed by atoms with Gasteiger partial charge in [0.1, 0.15) is 47.3 Å². The van der Waals surface area contributed by atoms with Gasteiger partial charge >= 0.3 is 11.9 Å². The summed E-state index contributed by atoms with van der Waals surface area (Å²) in [5.74, 6) is -1.85. The van der Waals surface area contributed by atoms with Crippen LogP contribution in [-0.4, -0.2) is 80.6 Å². The third-order valence-corrected chi connectivity index (χ3v) is 27.0. The number of pyridine rings is 2. The molecule has 8 saturated carbocycles. The molecule has 8 fully saturated rings. The number of nitrogens with one attached hydrogen (secondary N) is 2. The van der Waals surface area contributed by atoms with Crippen LogP contribution in [0, 0.1) is 92.7 Å². The molecule has 18 atom stereocenters. The average Bonchev–Trinajstić information content (AvgIpc) is 1.71. The third kappa shape index (κ3) is 10.2. The van der Waals surface area contributed by atoms with Crippen LogP contribution in [0.25, 0.3) is 22.3 Å². The number of carbonyl (C=O) groups is 10. The first kappa shape index (κ1) is 63.2. The molecule has 2 aliphatic heterocycles. The number of ketones is 6. The minimum Gasteiger partial charge on any atom is -0.457 e. The lowest BCUT2D eigenvalue weighted by Gasteiger charge is -2.58. The Hall–Kier alpha value is -6.52. The van der Waals surface area contributed by atoms with Crippen molar-refractivity contribution in [3.8, 4) is 11.4 Å². The zero-order chi connectivity index (χ0) is 64.4. The van der Waals surface area contributed by atoms with E-state index in [1.807, 2.05) is 37.3 Å². The maximum absolute atomic E-state index is 15.0. The van der Waals surface area contributed by atoms with Crippen molar-refractivity contribution in [1.29, 1.82) is 0 Å². The van der Waals surface area contributed by atoms with Crippen molar-refractivity contribution in [1.82, 2.24) is 20.2 Å². The Labute approximate surface area is 533 Å². The molecule has 3 aromatic rings. The van der Waals surface area contributed by atoms with Crippen LogP contribution >= 0.6 is 0 Å². The minimum absolute atomic E-state index is 0.00713. The van der Waals surface area contributed by atoms with Gasteiger partial charge in [0.25, 0.3) is 5.56 Å². The molecule has 1 aromatic carbocycles. The van der Waals surface area contributed by atoms with Gasteiger partial charge in [-0.3, -0.25) is 43.2 Å². The van der Waals surface area contributed by atoms with Gasteiger partial charge in [-0.2, -0.15) is 0 Å². The molecular formula is C74H92N4O13. The number of nitrogens with zero attached hydrogens (tertiary/aromatic N) is 2. The quantitative estimate of drug-likeness (QED) is 0.0737. The molecular weight excluding hydrogens is 1150 g/mol. The van der Waals surface area contributed by atoms with Crippen molar-refractivity contribution in [2.75, 3.05) is 6.54 Å². The van der Waals surface area contributed by atoms with E-state index in [0.717, 1.165) is 48.6 Å². The number of Topliss-reactive ketones (excluding diaryl/α,β-unsaturated/α-hetero) is 6. The van der Waals surface area contributed by atoms with Crippen molar-refractivity contribution in [2.24, 2.45) is 92.7 Å². The molecule has 11 unspecified atom stereocenters. The number of fused-ring (bicyclic) bond motifs is 15. The molecule has 17 nitrogen and oxygen atoms in total. The Morgan fingerprint density at radius 2 is 1.26 bits per heavy atom. The van der Waals surface area contributed by atoms with Crippen LogP contribution in [0.5, 0.6) is 0 Å². The van der Waals surface area contributed by atoms with E-state index in [4.69, 9.17) is 14.5 Å². The summed E-state index contributed by atoms with van der Waals surface area (Å²) in [5.41, 5.74) is -1.22. The van der Waals surface area contributed by atoms with E-state index in [-0.39, 0.29) is 185 Å². The summed E-state index contributed by atoms with van der Waals surface area (Å²) >= 11 is 0. The standard InChI is InChI=1S/C74H92N4O13/c1-8-74(52-34-57-66-42(29-41-13-9-10-14-55(41)77-66)37-78(57)67(87)47(52)38-90-69(74)89)91-68(88)56(76-63(86)23-17-40(3)49-19-21-51-65-54(36-61(84)73(49,51)7)71(5)27-25-46(80)31-44(71)33-59(65)82)15-11-12-28-75-62(85)22-16-39(2)48-18-20-50-64-53(35-60(83)72(48,50)6)70(4)26-24-45(79)30-43(70)32-58(64)81/h9-10,13-14,29,34,39-40,43-44,48-51,53-54,56,64-65H,8,11-12,15-28,30-33,35-38H2,1-7H3,(H,75,85)(H,76,86)/t39-,40-,43?,44?,48?,49?,50?,51?,53?,54?,56?,64?,65?,70+,71+,72-,73-,74+/m1/s1. The van der Waals surface area contributed by atoms with Crippen LogP contribution in [0.2, 0.25) is 0 Å². The number of para-hydroxylation sites is 1. The highest BCUT2D eigenvalue weighted by Gasteiger charge is 2.68.